The van der Waals surface area contributed by atoms with Crippen LogP contribution < -0.4 is 5.43 Å². The molecule has 1 aromatic carbocycles. The highest BCUT2D eigenvalue weighted by molar-refractivity contribution is 5.96. The molecule has 0 saturated carbocycles. The van der Waals surface area contributed by atoms with Crippen LogP contribution in [0.25, 0.3) is 0 Å². The summed E-state index contributed by atoms with van der Waals surface area (Å²) in [6.45, 7) is 1.79. The van der Waals surface area contributed by atoms with Crippen molar-refractivity contribution in [3.63, 3.8) is 0 Å². The van der Waals surface area contributed by atoms with E-state index in [0.717, 1.165) is 5.56 Å². The predicted molar refractivity (Wildman–Crippen MR) is 73.8 cm³/mol. The quantitative estimate of drug-likeness (QED) is 0.660. The Kier molecular flexibility index (Phi) is 4.50. The average molecular weight is 256 g/mol. The van der Waals surface area contributed by atoms with Crippen LogP contribution in [0.3, 0.4) is 0 Å². The largest absolute Gasteiger partial charge is 0.463 e. The van der Waals surface area contributed by atoms with Gasteiger partial charge in [0, 0.05) is 6.42 Å². The average Bonchev–Trinajstić information content (AvgIpc) is 2.98. The van der Waals surface area contributed by atoms with Gasteiger partial charge in [-0.25, -0.2) is 5.43 Å². The fourth-order valence-corrected chi connectivity index (χ4v) is 1.64. The summed E-state index contributed by atoms with van der Waals surface area (Å²) in [6.07, 6.45) is 2.70. The molecule has 0 aliphatic heterocycles. The summed E-state index contributed by atoms with van der Waals surface area (Å²) in [7, 11) is 0. The van der Waals surface area contributed by atoms with Crippen LogP contribution in [-0.2, 0) is 11.2 Å². The van der Waals surface area contributed by atoms with Crippen LogP contribution in [-0.4, -0.2) is 11.6 Å². The van der Waals surface area contributed by atoms with Crippen molar-refractivity contribution >= 4 is 11.6 Å². The Morgan fingerprint density at radius 3 is 2.68 bits per heavy atom. The lowest BCUT2D eigenvalue weighted by Crippen LogP contribution is -2.19. The van der Waals surface area contributed by atoms with Crippen molar-refractivity contribution in [2.24, 2.45) is 5.10 Å². The van der Waals surface area contributed by atoms with Crippen molar-refractivity contribution in [3.05, 3.63) is 60.1 Å². The van der Waals surface area contributed by atoms with E-state index in [0.29, 0.717) is 24.3 Å². The van der Waals surface area contributed by atoms with E-state index in [9.17, 15) is 4.79 Å². The smallest absolute Gasteiger partial charge is 0.240 e. The second kappa shape index (κ2) is 6.54. The second-order valence-corrected chi connectivity index (χ2v) is 4.20. The van der Waals surface area contributed by atoms with Crippen LogP contribution in [0.1, 0.15) is 24.7 Å². The number of benzene rings is 1. The van der Waals surface area contributed by atoms with E-state index < -0.39 is 0 Å². The molecular formula is C15H16N2O2. The summed E-state index contributed by atoms with van der Waals surface area (Å²) in [4.78, 5) is 11.6. The first kappa shape index (κ1) is 13.1. The topological polar surface area (TPSA) is 54.6 Å². The van der Waals surface area contributed by atoms with Crippen molar-refractivity contribution in [2.75, 3.05) is 0 Å². The lowest BCUT2D eigenvalue weighted by molar-refractivity contribution is -0.121. The molecule has 0 aliphatic carbocycles. The highest BCUT2D eigenvalue weighted by atomic mass is 16.3. The molecule has 4 nitrogen and oxygen atoms in total. The molecule has 0 fully saturated rings. The third kappa shape index (κ3) is 4.10. The Labute approximate surface area is 112 Å². The molecule has 0 saturated heterocycles. The van der Waals surface area contributed by atoms with Crippen molar-refractivity contribution in [1.82, 2.24) is 5.43 Å². The van der Waals surface area contributed by atoms with Gasteiger partial charge in [0.2, 0.25) is 5.91 Å². The van der Waals surface area contributed by atoms with Gasteiger partial charge in [-0.15, -0.1) is 0 Å². The highest BCUT2D eigenvalue weighted by Gasteiger charge is 2.03. The zero-order chi connectivity index (χ0) is 13.5. The Balaban J connectivity index is 1.80. The van der Waals surface area contributed by atoms with Crippen molar-refractivity contribution in [3.8, 4) is 0 Å². The lowest BCUT2D eigenvalue weighted by atomic mass is 10.1. The molecule has 0 aliphatic rings. The number of carbonyl (C=O) groups excluding carboxylic acids is 1. The van der Waals surface area contributed by atoms with Crippen molar-refractivity contribution < 1.29 is 9.21 Å². The first-order chi connectivity index (χ1) is 9.25. The van der Waals surface area contributed by atoms with Crippen LogP contribution in [0.4, 0.5) is 0 Å². The number of amides is 1. The number of nitrogens with zero attached hydrogens (tertiary/aromatic N) is 1. The third-order valence-corrected chi connectivity index (χ3v) is 2.71. The Hall–Kier alpha value is -2.36. The Bertz CT molecular complexity index is 545. The first-order valence-corrected chi connectivity index (χ1v) is 6.16. The van der Waals surface area contributed by atoms with Gasteiger partial charge in [-0.3, -0.25) is 4.79 Å². The van der Waals surface area contributed by atoms with Gasteiger partial charge < -0.3 is 4.42 Å². The third-order valence-electron chi connectivity index (χ3n) is 2.71. The fraction of sp³-hybridized carbons (Fsp3) is 0.200. The van der Waals surface area contributed by atoms with Crippen LogP contribution >= 0.6 is 0 Å². The maximum atomic E-state index is 11.6. The number of aryl methyl sites for hydroxylation is 1. The number of hydrogen-bond donors (Lipinski definition) is 1. The zero-order valence-corrected chi connectivity index (χ0v) is 10.8. The van der Waals surface area contributed by atoms with Gasteiger partial charge in [-0.1, -0.05) is 30.3 Å². The van der Waals surface area contributed by atoms with Gasteiger partial charge in [0.1, 0.15) is 11.5 Å². The maximum absolute atomic E-state index is 11.6. The summed E-state index contributed by atoms with van der Waals surface area (Å²) in [5, 5.41) is 4.00. The lowest BCUT2D eigenvalue weighted by Gasteiger charge is -2.01. The predicted octanol–water partition coefficient (Wildman–Crippen LogP) is 2.75. The molecule has 1 aromatic heterocycles. The van der Waals surface area contributed by atoms with Crippen LogP contribution in [0.2, 0.25) is 0 Å². The minimum atomic E-state index is -0.102. The van der Waals surface area contributed by atoms with Gasteiger partial charge in [0.15, 0.2) is 0 Å². The normalized spacial score (nSPS) is 11.3. The number of carbonyl (C=O) groups is 1. The summed E-state index contributed by atoms with van der Waals surface area (Å²) in [5.41, 5.74) is 4.32. The molecule has 0 spiro atoms. The van der Waals surface area contributed by atoms with Gasteiger partial charge in [-0.05, 0) is 31.0 Å². The standard InChI is InChI=1S/C15H16N2O2/c1-12(14-8-5-11-19-14)16-17-15(18)10-9-13-6-3-2-4-7-13/h2-8,11H,9-10H2,1H3,(H,17,18)/b16-12+. The van der Waals surface area contributed by atoms with E-state index in [1.54, 1.807) is 25.3 Å². The minimum Gasteiger partial charge on any atom is -0.463 e. The summed E-state index contributed by atoms with van der Waals surface area (Å²) in [6, 6.07) is 13.5. The van der Waals surface area contributed by atoms with E-state index in [4.69, 9.17) is 4.42 Å². The number of nitrogens with one attached hydrogen (secondary N) is 1. The fourth-order valence-electron chi connectivity index (χ4n) is 1.64. The first-order valence-electron chi connectivity index (χ1n) is 6.16. The number of rotatable bonds is 5. The molecule has 0 unspecified atom stereocenters. The number of hydrogen-bond acceptors (Lipinski definition) is 3. The highest BCUT2D eigenvalue weighted by Crippen LogP contribution is 2.03. The van der Waals surface area contributed by atoms with Crippen LogP contribution in [0.15, 0.2) is 58.2 Å². The minimum absolute atomic E-state index is 0.102. The molecule has 4 heteroatoms. The van der Waals surface area contributed by atoms with E-state index in [-0.39, 0.29) is 5.91 Å². The van der Waals surface area contributed by atoms with Crippen LogP contribution in [0, 0.1) is 0 Å². The van der Waals surface area contributed by atoms with Crippen molar-refractivity contribution in [2.45, 2.75) is 19.8 Å². The molecule has 2 aromatic rings. The van der Waals surface area contributed by atoms with Crippen molar-refractivity contribution in [1.29, 1.82) is 0 Å². The summed E-state index contributed by atoms with van der Waals surface area (Å²) >= 11 is 0. The molecule has 0 radical (unpaired) electrons. The number of furan rings is 1. The maximum Gasteiger partial charge on any atom is 0.240 e. The Morgan fingerprint density at radius 2 is 2.00 bits per heavy atom. The van der Waals surface area contributed by atoms with Gasteiger partial charge in [0.25, 0.3) is 0 Å². The molecule has 19 heavy (non-hydrogen) atoms. The molecule has 1 heterocycles. The zero-order valence-electron chi connectivity index (χ0n) is 10.8. The monoisotopic (exact) mass is 256 g/mol. The van der Waals surface area contributed by atoms with Gasteiger partial charge in [0.05, 0.1) is 6.26 Å². The second-order valence-electron chi connectivity index (χ2n) is 4.20. The summed E-state index contributed by atoms with van der Waals surface area (Å²) in [5.74, 6) is 0.554. The summed E-state index contributed by atoms with van der Waals surface area (Å²) < 4.78 is 5.17. The molecular weight excluding hydrogens is 240 g/mol. The molecule has 1 N–H and O–H groups in total. The number of hydrazone groups is 1. The van der Waals surface area contributed by atoms with Gasteiger partial charge in [-0.2, -0.15) is 5.10 Å². The van der Waals surface area contributed by atoms with E-state index in [2.05, 4.69) is 10.5 Å². The SMILES string of the molecule is C/C(=N\NC(=O)CCc1ccccc1)c1ccco1. The van der Waals surface area contributed by atoms with Gasteiger partial charge >= 0.3 is 0 Å². The Morgan fingerprint density at radius 1 is 1.21 bits per heavy atom. The van der Waals surface area contributed by atoms with Crippen LogP contribution in [0.5, 0.6) is 0 Å². The molecule has 2 rings (SSSR count). The molecule has 0 bridgehead atoms. The molecule has 98 valence electrons. The van der Waals surface area contributed by atoms with E-state index >= 15 is 0 Å². The molecule has 0 atom stereocenters. The van der Waals surface area contributed by atoms with E-state index in [1.807, 2.05) is 30.3 Å². The van der Waals surface area contributed by atoms with E-state index in [1.165, 1.54) is 0 Å². The molecule has 1 amide bonds.